The topological polar surface area (TPSA) is 98.7 Å². The average molecular weight is 432 g/mol. The Morgan fingerprint density at radius 1 is 1.10 bits per heavy atom. The van der Waals surface area contributed by atoms with Crippen LogP contribution in [-0.2, 0) is 14.4 Å². The molecule has 0 bridgehead atoms. The molecule has 1 aromatic carbocycles. The summed E-state index contributed by atoms with van der Waals surface area (Å²) in [5.41, 5.74) is 0.424. The first-order valence-corrected chi connectivity index (χ1v) is 10.5. The molecule has 0 aliphatic carbocycles. The molecule has 7 heteroatoms. The van der Waals surface area contributed by atoms with Gasteiger partial charge in [0, 0.05) is 12.6 Å². The minimum Gasteiger partial charge on any atom is -0.478 e. The SMILES string of the molecule is CN[C@H](C(=O)N[C@H](C(=O)N(C)[C@H](C=C(C)C(=O)O)C(C)C)C(C)(C)C)c1ccccc1. The number of benzene rings is 1. The zero-order valence-corrected chi connectivity index (χ0v) is 19.9. The number of carboxylic acids is 1. The second-order valence-corrected chi connectivity index (χ2v) is 9.28. The van der Waals surface area contributed by atoms with E-state index in [2.05, 4.69) is 10.6 Å². The number of carboxylic acid groups (broad SMARTS) is 1. The fourth-order valence-electron chi connectivity index (χ4n) is 3.40. The van der Waals surface area contributed by atoms with Gasteiger partial charge in [-0.1, -0.05) is 71.0 Å². The summed E-state index contributed by atoms with van der Waals surface area (Å²) >= 11 is 0. The Kier molecular flexibility index (Phi) is 9.43. The Bertz CT molecular complexity index is 797. The van der Waals surface area contributed by atoms with Crippen LogP contribution in [-0.4, -0.2) is 54.0 Å². The summed E-state index contributed by atoms with van der Waals surface area (Å²) in [7, 11) is 3.35. The Morgan fingerprint density at radius 2 is 1.65 bits per heavy atom. The van der Waals surface area contributed by atoms with E-state index >= 15 is 0 Å². The molecule has 3 N–H and O–H groups in total. The molecular formula is C24H37N3O4. The third kappa shape index (κ3) is 7.21. The summed E-state index contributed by atoms with van der Waals surface area (Å²) < 4.78 is 0. The molecule has 1 rings (SSSR count). The van der Waals surface area contributed by atoms with E-state index in [1.807, 2.05) is 65.0 Å². The van der Waals surface area contributed by atoms with E-state index in [4.69, 9.17) is 0 Å². The molecule has 3 atom stereocenters. The quantitative estimate of drug-likeness (QED) is 0.522. The van der Waals surface area contributed by atoms with Crippen molar-refractivity contribution in [3.05, 3.63) is 47.5 Å². The summed E-state index contributed by atoms with van der Waals surface area (Å²) in [6.07, 6.45) is 1.59. The van der Waals surface area contributed by atoms with E-state index in [0.29, 0.717) is 0 Å². The number of carbonyl (C=O) groups excluding carboxylic acids is 2. The van der Waals surface area contributed by atoms with Crippen LogP contribution in [0.1, 0.15) is 53.1 Å². The van der Waals surface area contributed by atoms with Crippen molar-refractivity contribution in [2.45, 2.75) is 59.7 Å². The molecule has 0 saturated carbocycles. The van der Waals surface area contributed by atoms with Crippen molar-refractivity contribution < 1.29 is 19.5 Å². The number of likely N-dealkylation sites (N-methyl/N-ethyl adjacent to an activating group) is 2. The van der Waals surface area contributed by atoms with Crippen molar-refractivity contribution in [1.82, 2.24) is 15.5 Å². The lowest BCUT2D eigenvalue weighted by molar-refractivity contribution is -0.140. The molecule has 0 radical (unpaired) electrons. The number of hydrogen-bond donors (Lipinski definition) is 3. The van der Waals surface area contributed by atoms with Gasteiger partial charge in [-0.2, -0.15) is 0 Å². The minimum atomic E-state index is -1.02. The number of nitrogens with zero attached hydrogens (tertiary/aromatic N) is 1. The van der Waals surface area contributed by atoms with Crippen LogP contribution in [0.4, 0.5) is 0 Å². The number of carbonyl (C=O) groups is 3. The molecule has 0 unspecified atom stereocenters. The summed E-state index contributed by atoms with van der Waals surface area (Å²) in [6, 6.07) is 7.51. The summed E-state index contributed by atoms with van der Waals surface area (Å²) in [4.78, 5) is 39.4. The van der Waals surface area contributed by atoms with Gasteiger partial charge in [-0.3, -0.25) is 9.59 Å². The van der Waals surface area contributed by atoms with Crippen LogP contribution in [0.5, 0.6) is 0 Å². The molecular weight excluding hydrogens is 394 g/mol. The number of aliphatic carboxylic acids is 1. The molecule has 1 aromatic rings. The van der Waals surface area contributed by atoms with Crippen molar-refractivity contribution in [3.63, 3.8) is 0 Å². The Balaban J connectivity index is 3.20. The van der Waals surface area contributed by atoms with Gasteiger partial charge in [0.15, 0.2) is 0 Å². The van der Waals surface area contributed by atoms with Crippen molar-refractivity contribution in [2.75, 3.05) is 14.1 Å². The second kappa shape index (κ2) is 11.1. The minimum absolute atomic E-state index is 0.00561. The number of nitrogens with one attached hydrogen (secondary N) is 2. The van der Waals surface area contributed by atoms with Gasteiger partial charge in [0.1, 0.15) is 12.1 Å². The van der Waals surface area contributed by atoms with E-state index in [1.165, 1.54) is 11.8 Å². The Hall–Kier alpha value is -2.67. The molecule has 2 amide bonds. The highest BCUT2D eigenvalue weighted by molar-refractivity contribution is 5.91. The van der Waals surface area contributed by atoms with Crippen LogP contribution >= 0.6 is 0 Å². The zero-order chi connectivity index (χ0) is 23.9. The molecule has 31 heavy (non-hydrogen) atoms. The van der Waals surface area contributed by atoms with Gasteiger partial charge in [-0.05, 0) is 30.9 Å². The van der Waals surface area contributed by atoms with Gasteiger partial charge >= 0.3 is 5.97 Å². The molecule has 0 fully saturated rings. The third-order valence-corrected chi connectivity index (χ3v) is 5.32. The standard InChI is InChI=1S/C24H37N3O4/c1-15(2)18(14-16(3)23(30)31)27(8)22(29)20(24(4,5)6)26-21(28)19(25-7)17-12-10-9-11-13-17/h9-15,18-20,25H,1-8H3,(H,26,28)(H,30,31)/t18-,19+,20-/m1/s1. The van der Waals surface area contributed by atoms with Crippen LogP contribution in [0.15, 0.2) is 42.0 Å². The van der Waals surface area contributed by atoms with Gasteiger partial charge in [0.25, 0.3) is 0 Å². The van der Waals surface area contributed by atoms with Crippen LogP contribution in [0.3, 0.4) is 0 Å². The zero-order valence-electron chi connectivity index (χ0n) is 19.9. The maximum Gasteiger partial charge on any atom is 0.331 e. The average Bonchev–Trinajstić information content (AvgIpc) is 2.69. The predicted octanol–water partition coefficient (Wildman–Crippen LogP) is 2.99. The normalized spacial score (nSPS) is 15.2. The van der Waals surface area contributed by atoms with Gasteiger partial charge < -0.3 is 20.6 Å². The summed E-state index contributed by atoms with van der Waals surface area (Å²) in [5.74, 6) is -1.59. The van der Waals surface area contributed by atoms with Gasteiger partial charge in [-0.15, -0.1) is 0 Å². The van der Waals surface area contributed by atoms with E-state index in [1.54, 1.807) is 20.2 Å². The van der Waals surface area contributed by atoms with Crippen LogP contribution in [0.2, 0.25) is 0 Å². The van der Waals surface area contributed by atoms with E-state index in [-0.39, 0.29) is 23.3 Å². The molecule has 0 aromatic heterocycles. The highest BCUT2D eigenvalue weighted by atomic mass is 16.4. The molecule has 7 nitrogen and oxygen atoms in total. The fraction of sp³-hybridized carbons (Fsp3) is 0.542. The first kappa shape index (κ1) is 26.4. The lowest BCUT2D eigenvalue weighted by Crippen LogP contribution is -2.57. The van der Waals surface area contributed by atoms with E-state index in [0.717, 1.165) is 5.56 Å². The molecule has 0 aliphatic heterocycles. The van der Waals surface area contributed by atoms with E-state index in [9.17, 15) is 19.5 Å². The lowest BCUT2D eigenvalue weighted by Gasteiger charge is -2.38. The van der Waals surface area contributed by atoms with Crippen molar-refractivity contribution in [2.24, 2.45) is 11.3 Å². The van der Waals surface area contributed by atoms with E-state index < -0.39 is 29.5 Å². The highest BCUT2D eigenvalue weighted by Gasteiger charge is 2.38. The first-order chi connectivity index (χ1) is 14.3. The smallest absolute Gasteiger partial charge is 0.331 e. The largest absolute Gasteiger partial charge is 0.478 e. The molecule has 172 valence electrons. The second-order valence-electron chi connectivity index (χ2n) is 9.28. The first-order valence-electron chi connectivity index (χ1n) is 10.5. The summed E-state index contributed by atoms with van der Waals surface area (Å²) in [6.45, 7) is 11.0. The Morgan fingerprint density at radius 3 is 2.06 bits per heavy atom. The van der Waals surface area contributed by atoms with Crippen LogP contribution < -0.4 is 10.6 Å². The number of amides is 2. The molecule has 0 heterocycles. The van der Waals surface area contributed by atoms with Crippen molar-refractivity contribution >= 4 is 17.8 Å². The molecule has 0 aliphatic rings. The molecule has 0 saturated heterocycles. The van der Waals surface area contributed by atoms with Crippen molar-refractivity contribution in [3.8, 4) is 0 Å². The van der Waals surface area contributed by atoms with Crippen molar-refractivity contribution in [1.29, 1.82) is 0 Å². The van der Waals surface area contributed by atoms with Gasteiger partial charge in [0.2, 0.25) is 11.8 Å². The number of rotatable bonds is 9. The maximum atomic E-state index is 13.5. The monoisotopic (exact) mass is 431 g/mol. The predicted molar refractivity (Wildman–Crippen MR) is 122 cm³/mol. The van der Waals surface area contributed by atoms with Crippen LogP contribution in [0.25, 0.3) is 0 Å². The fourth-order valence-corrected chi connectivity index (χ4v) is 3.40. The van der Waals surface area contributed by atoms with Crippen LogP contribution in [0, 0.1) is 11.3 Å². The summed E-state index contributed by atoms with van der Waals surface area (Å²) in [5, 5.41) is 15.2. The Labute approximate surface area is 185 Å². The molecule has 0 spiro atoms. The lowest BCUT2D eigenvalue weighted by atomic mass is 9.84. The maximum absolute atomic E-state index is 13.5. The highest BCUT2D eigenvalue weighted by Crippen LogP contribution is 2.25. The third-order valence-electron chi connectivity index (χ3n) is 5.32. The van der Waals surface area contributed by atoms with Gasteiger partial charge in [0.05, 0.1) is 6.04 Å². The number of hydrogen-bond acceptors (Lipinski definition) is 4. The van der Waals surface area contributed by atoms with Gasteiger partial charge in [-0.25, -0.2) is 4.79 Å².